The van der Waals surface area contributed by atoms with Gasteiger partial charge in [0, 0.05) is 22.7 Å². The Hall–Kier alpha value is -3.22. The number of carbonyl (C=O) groups is 2. The zero-order valence-corrected chi connectivity index (χ0v) is 16.5. The van der Waals surface area contributed by atoms with Crippen molar-refractivity contribution in [2.24, 2.45) is 5.73 Å². The highest BCUT2D eigenvalue weighted by Crippen LogP contribution is 2.37. The normalized spacial score (nSPS) is 12.2. The quantitative estimate of drug-likeness (QED) is 0.671. The van der Waals surface area contributed by atoms with E-state index in [2.05, 4.69) is 0 Å². The van der Waals surface area contributed by atoms with Gasteiger partial charge in [0.2, 0.25) is 5.91 Å². The van der Waals surface area contributed by atoms with Gasteiger partial charge in [0.15, 0.2) is 11.6 Å². The summed E-state index contributed by atoms with van der Waals surface area (Å²) < 4.78 is 34.2. The van der Waals surface area contributed by atoms with E-state index in [9.17, 15) is 18.4 Å². The van der Waals surface area contributed by atoms with Crippen molar-refractivity contribution in [2.75, 3.05) is 7.11 Å². The molecule has 1 heterocycles. The summed E-state index contributed by atoms with van der Waals surface area (Å²) >= 11 is 0. The maximum absolute atomic E-state index is 14.5. The fourth-order valence-electron chi connectivity index (χ4n) is 3.74. The minimum absolute atomic E-state index is 0.00449. The van der Waals surface area contributed by atoms with Gasteiger partial charge in [-0.25, -0.2) is 8.78 Å². The summed E-state index contributed by atoms with van der Waals surface area (Å²) in [5.74, 6) is -2.72. The maximum atomic E-state index is 14.5. The number of hydrogen-bond acceptors (Lipinski definition) is 3. The van der Waals surface area contributed by atoms with Crippen LogP contribution in [0, 0.1) is 18.6 Å². The maximum Gasteiger partial charge on any atom is 0.262 e. The molecule has 0 spiro atoms. The van der Waals surface area contributed by atoms with Crippen molar-refractivity contribution in [3.05, 3.63) is 64.9 Å². The van der Waals surface area contributed by atoms with Gasteiger partial charge in [-0.2, -0.15) is 0 Å². The van der Waals surface area contributed by atoms with Crippen LogP contribution in [0.25, 0.3) is 10.9 Å². The summed E-state index contributed by atoms with van der Waals surface area (Å²) in [6, 6.07) is 7.77. The topological polar surface area (TPSA) is 74.3 Å². The van der Waals surface area contributed by atoms with Gasteiger partial charge in [0.1, 0.15) is 5.82 Å². The zero-order valence-electron chi connectivity index (χ0n) is 16.5. The Morgan fingerprint density at radius 1 is 1.17 bits per heavy atom. The number of methoxy groups -OCH3 is 1. The Morgan fingerprint density at radius 2 is 1.83 bits per heavy atom. The molecule has 7 heteroatoms. The Morgan fingerprint density at radius 3 is 2.38 bits per heavy atom. The standard InChI is InChI=1S/C22H22F2N2O3/c1-4-5-15(21(25)27)20-12(2)26(22(28)13-6-8-14(23)9-7-13)18-11-17(24)19(29-3)10-16(18)20/h6-11,15H,4-5H2,1-3H3,(H2,25,27). The molecule has 0 saturated carbocycles. The van der Waals surface area contributed by atoms with E-state index in [-0.39, 0.29) is 11.3 Å². The van der Waals surface area contributed by atoms with Crippen LogP contribution in [0.4, 0.5) is 8.78 Å². The van der Waals surface area contributed by atoms with Crippen molar-refractivity contribution in [1.29, 1.82) is 0 Å². The molecule has 0 aliphatic heterocycles. The predicted molar refractivity (Wildman–Crippen MR) is 106 cm³/mol. The lowest BCUT2D eigenvalue weighted by Crippen LogP contribution is -2.22. The number of aromatic nitrogens is 1. The molecule has 0 aliphatic carbocycles. The largest absolute Gasteiger partial charge is 0.494 e. The minimum Gasteiger partial charge on any atom is -0.494 e. The van der Waals surface area contributed by atoms with Crippen LogP contribution in [0.5, 0.6) is 5.75 Å². The van der Waals surface area contributed by atoms with Crippen molar-refractivity contribution in [3.63, 3.8) is 0 Å². The van der Waals surface area contributed by atoms with Gasteiger partial charge >= 0.3 is 0 Å². The summed E-state index contributed by atoms with van der Waals surface area (Å²) in [6.45, 7) is 3.61. The van der Waals surface area contributed by atoms with Gasteiger partial charge in [-0.15, -0.1) is 0 Å². The second-order valence-electron chi connectivity index (χ2n) is 6.89. The summed E-state index contributed by atoms with van der Waals surface area (Å²) in [6.07, 6.45) is 1.18. The number of primary amides is 1. The van der Waals surface area contributed by atoms with Crippen LogP contribution in [-0.4, -0.2) is 23.5 Å². The third kappa shape index (κ3) is 3.60. The number of carbonyl (C=O) groups excluding carboxylic acids is 2. The fourth-order valence-corrected chi connectivity index (χ4v) is 3.74. The molecule has 0 saturated heterocycles. The Balaban J connectivity index is 2.33. The first kappa shape index (κ1) is 20.5. The highest BCUT2D eigenvalue weighted by atomic mass is 19.1. The molecule has 1 unspecified atom stereocenters. The highest BCUT2D eigenvalue weighted by molar-refractivity contribution is 6.05. The van der Waals surface area contributed by atoms with Gasteiger partial charge in [-0.3, -0.25) is 14.2 Å². The zero-order chi connectivity index (χ0) is 21.3. The molecular weight excluding hydrogens is 378 g/mol. The lowest BCUT2D eigenvalue weighted by molar-refractivity contribution is -0.119. The number of amides is 1. The van der Waals surface area contributed by atoms with Crippen LogP contribution < -0.4 is 10.5 Å². The first-order valence-electron chi connectivity index (χ1n) is 9.28. The average Bonchev–Trinajstić information content (AvgIpc) is 2.95. The monoisotopic (exact) mass is 400 g/mol. The summed E-state index contributed by atoms with van der Waals surface area (Å²) in [4.78, 5) is 25.4. The number of ether oxygens (including phenoxy) is 1. The fraction of sp³-hybridized carbons (Fsp3) is 0.273. The molecule has 1 atom stereocenters. The number of rotatable bonds is 6. The summed E-state index contributed by atoms with van der Waals surface area (Å²) in [5, 5.41) is 0.522. The molecular formula is C22H22F2N2O3. The molecule has 3 rings (SSSR count). The van der Waals surface area contributed by atoms with Crippen LogP contribution >= 0.6 is 0 Å². The molecule has 0 bridgehead atoms. The van der Waals surface area contributed by atoms with Crippen molar-refractivity contribution in [2.45, 2.75) is 32.6 Å². The SMILES string of the molecule is CCCC(C(N)=O)c1c(C)n(C(=O)c2ccc(F)cc2)c2cc(F)c(OC)cc12. The first-order chi connectivity index (χ1) is 13.8. The van der Waals surface area contributed by atoms with Crippen molar-refractivity contribution >= 4 is 22.7 Å². The molecule has 29 heavy (non-hydrogen) atoms. The molecule has 1 aromatic heterocycles. The lowest BCUT2D eigenvalue weighted by atomic mass is 9.91. The van der Waals surface area contributed by atoms with Gasteiger partial charge in [-0.1, -0.05) is 13.3 Å². The molecule has 152 valence electrons. The minimum atomic E-state index is -0.639. The molecule has 2 N–H and O–H groups in total. The van der Waals surface area contributed by atoms with E-state index >= 15 is 0 Å². The second kappa shape index (κ2) is 8.03. The van der Waals surface area contributed by atoms with Crippen LogP contribution in [0.1, 0.15) is 47.3 Å². The van der Waals surface area contributed by atoms with E-state index in [1.807, 2.05) is 6.92 Å². The van der Waals surface area contributed by atoms with Crippen LogP contribution in [0.2, 0.25) is 0 Å². The van der Waals surface area contributed by atoms with Crippen molar-refractivity contribution in [3.8, 4) is 5.75 Å². The van der Waals surface area contributed by atoms with E-state index in [4.69, 9.17) is 10.5 Å². The van der Waals surface area contributed by atoms with E-state index < -0.39 is 29.4 Å². The Kier molecular flexibility index (Phi) is 5.68. The summed E-state index contributed by atoms with van der Waals surface area (Å²) in [7, 11) is 1.34. The van der Waals surface area contributed by atoms with Crippen LogP contribution in [0.3, 0.4) is 0 Å². The third-order valence-corrected chi connectivity index (χ3v) is 5.09. The molecule has 3 aromatic rings. The first-order valence-corrected chi connectivity index (χ1v) is 9.28. The predicted octanol–water partition coefficient (Wildman–Crippen LogP) is 4.29. The average molecular weight is 400 g/mol. The highest BCUT2D eigenvalue weighted by Gasteiger charge is 2.29. The van der Waals surface area contributed by atoms with Gasteiger partial charge in [0.05, 0.1) is 18.5 Å². The Labute approximate surface area is 167 Å². The molecule has 1 amide bonds. The van der Waals surface area contributed by atoms with Gasteiger partial charge in [-0.05, 0) is 49.2 Å². The van der Waals surface area contributed by atoms with E-state index in [0.29, 0.717) is 35.0 Å². The van der Waals surface area contributed by atoms with Crippen molar-refractivity contribution < 1.29 is 23.1 Å². The molecule has 5 nitrogen and oxygen atoms in total. The van der Waals surface area contributed by atoms with Crippen LogP contribution in [-0.2, 0) is 4.79 Å². The smallest absolute Gasteiger partial charge is 0.262 e. The second-order valence-corrected chi connectivity index (χ2v) is 6.89. The van der Waals surface area contributed by atoms with E-state index in [1.54, 1.807) is 6.92 Å². The molecule has 0 radical (unpaired) electrons. The van der Waals surface area contributed by atoms with Crippen LogP contribution in [0.15, 0.2) is 36.4 Å². The summed E-state index contributed by atoms with van der Waals surface area (Å²) in [5.41, 5.74) is 7.24. The number of benzene rings is 2. The molecule has 0 aliphatic rings. The van der Waals surface area contributed by atoms with E-state index in [0.717, 1.165) is 0 Å². The lowest BCUT2D eigenvalue weighted by Gasteiger charge is -2.14. The third-order valence-electron chi connectivity index (χ3n) is 5.09. The molecule has 2 aromatic carbocycles. The van der Waals surface area contributed by atoms with Gasteiger partial charge in [0.25, 0.3) is 5.91 Å². The number of nitrogens with zero attached hydrogens (tertiary/aromatic N) is 1. The number of halogens is 2. The van der Waals surface area contributed by atoms with Gasteiger partial charge < -0.3 is 10.5 Å². The van der Waals surface area contributed by atoms with E-state index in [1.165, 1.54) is 48.1 Å². The number of hydrogen-bond donors (Lipinski definition) is 1. The number of fused-ring (bicyclic) bond motifs is 1. The molecule has 0 fully saturated rings. The number of nitrogens with two attached hydrogens (primary N) is 1. The van der Waals surface area contributed by atoms with Crippen molar-refractivity contribution in [1.82, 2.24) is 4.57 Å². The Bertz CT molecular complexity index is 1090.